The molecule has 0 aliphatic heterocycles. The van der Waals surface area contributed by atoms with E-state index in [9.17, 15) is 4.79 Å². The molecule has 116 valence electrons. The molecule has 1 aliphatic rings. The Bertz CT molecular complexity index is 618. The van der Waals surface area contributed by atoms with E-state index in [1.54, 1.807) is 18.4 Å². The van der Waals surface area contributed by atoms with Gasteiger partial charge in [-0.25, -0.2) is 0 Å². The van der Waals surface area contributed by atoms with Gasteiger partial charge in [-0.2, -0.15) is 0 Å². The third kappa shape index (κ3) is 3.09. The highest BCUT2D eigenvalue weighted by Crippen LogP contribution is 2.50. The largest absolute Gasteiger partial charge is 0.497 e. The molecule has 0 bridgehead atoms. The summed E-state index contributed by atoms with van der Waals surface area (Å²) in [6.45, 7) is 0.969. The Labute approximate surface area is 134 Å². The van der Waals surface area contributed by atoms with Crippen molar-refractivity contribution in [2.45, 2.75) is 18.3 Å². The van der Waals surface area contributed by atoms with Crippen LogP contribution in [0.1, 0.15) is 17.7 Å². The van der Waals surface area contributed by atoms with Gasteiger partial charge in [0.05, 0.1) is 19.1 Å². The van der Waals surface area contributed by atoms with E-state index in [-0.39, 0.29) is 11.3 Å². The van der Waals surface area contributed by atoms with Crippen LogP contribution in [-0.2, 0) is 10.2 Å². The summed E-state index contributed by atoms with van der Waals surface area (Å²) in [6.07, 6.45) is 1.89. The molecule has 1 amide bonds. The van der Waals surface area contributed by atoms with Crippen LogP contribution >= 0.6 is 11.3 Å². The normalized spacial score (nSPS) is 15.1. The van der Waals surface area contributed by atoms with Crippen molar-refractivity contribution >= 4 is 17.2 Å². The maximum atomic E-state index is 12.3. The van der Waals surface area contributed by atoms with E-state index in [1.807, 2.05) is 41.8 Å². The Morgan fingerprint density at radius 3 is 2.55 bits per heavy atom. The van der Waals surface area contributed by atoms with Gasteiger partial charge in [0, 0.05) is 4.88 Å². The number of rotatable bonds is 7. The molecule has 1 heterocycles. The van der Waals surface area contributed by atoms with E-state index in [2.05, 4.69) is 5.32 Å². The number of nitrogens with one attached hydrogen (secondary N) is 1. The first-order valence-corrected chi connectivity index (χ1v) is 8.22. The first-order valence-electron chi connectivity index (χ1n) is 7.34. The lowest BCUT2D eigenvalue weighted by Gasteiger charge is -2.14. The molecule has 5 heteroatoms. The smallest absolute Gasteiger partial charge is 0.231 e. The third-order valence-corrected chi connectivity index (χ3v) is 4.97. The summed E-state index contributed by atoms with van der Waals surface area (Å²) in [5.41, 5.74) is -0.270. The van der Waals surface area contributed by atoms with E-state index in [0.717, 1.165) is 24.3 Å². The van der Waals surface area contributed by atoms with E-state index < -0.39 is 0 Å². The quantitative estimate of drug-likeness (QED) is 0.799. The lowest BCUT2D eigenvalue weighted by atomic mass is 10.0. The molecule has 4 nitrogen and oxygen atoms in total. The molecular weight excluding hydrogens is 298 g/mol. The van der Waals surface area contributed by atoms with Crippen LogP contribution in [0.4, 0.5) is 0 Å². The van der Waals surface area contributed by atoms with Gasteiger partial charge in [0.25, 0.3) is 0 Å². The number of hydrogen-bond acceptors (Lipinski definition) is 4. The number of benzene rings is 1. The lowest BCUT2D eigenvalue weighted by Crippen LogP contribution is -2.36. The Morgan fingerprint density at radius 2 is 1.95 bits per heavy atom. The van der Waals surface area contributed by atoms with E-state index >= 15 is 0 Å². The maximum absolute atomic E-state index is 12.3. The van der Waals surface area contributed by atoms with Crippen LogP contribution in [0.3, 0.4) is 0 Å². The average Bonchev–Trinajstić information content (AvgIpc) is 3.19. The standard InChI is InChI=1S/C17H19NO3S/c1-20-13-4-6-14(7-5-13)21-11-10-18-16(19)17(8-9-17)15-3-2-12-22-15/h2-7,12H,8-11H2,1H3,(H,18,19). The number of carbonyl (C=O) groups is 1. The molecule has 2 aromatic rings. The van der Waals surface area contributed by atoms with Crippen LogP contribution < -0.4 is 14.8 Å². The molecule has 0 atom stereocenters. The highest BCUT2D eigenvalue weighted by atomic mass is 32.1. The second-order valence-electron chi connectivity index (χ2n) is 5.34. The molecular formula is C17H19NO3S. The fourth-order valence-corrected chi connectivity index (χ4v) is 3.42. The fourth-order valence-electron chi connectivity index (χ4n) is 2.44. The predicted octanol–water partition coefficient (Wildman–Crippen LogP) is 2.98. The molecule has 1 fully saturated rings. The van der Waals surface area contributed by atoms with Gasteiger partial charge in [0.15, 0.2) is 0 Å². The summed E-state index contributed by atoms with van der Waals surface area (Å²) in [4.78, 5) is 13.5. The molecule has 22 heavy (non-hydrogen) atoms. The Hall–Kier alpha value is -2.01. The predicted molar refractivity (Wildman–Crippen MR) is 86.7 cm³/mol. The summed E-state index contributed by atoms with van der Waals surface area (Å²) < 4.78 is 10.7. The molecule has 1 aliphatic carbocycles. The number of methoxy groups -OCH3 is 1. The second-order valence-corrected chi connectivity index (χ2v) is 6.29. The van der Waals surface area contributed by atoms with Crippen LogP contribution in [-0.4, -0.2) is 26.2 Å². The van der Waals surface area contributed by atoms with Gasteiger partial charge in [-0.15, -0.1) is 11.3 Å². The van der Waals surface area contributed by atoms with Gasteiger partial charge < -0.3 is 14.8 Å². The zero-order chi connectivity index (χ0) is 15.4. The summed E-state index contributed by atoms with van der Waals surface area (Å²) in [7, 11) is 1.63. The van der Waals surface area contributed by atoms with Gasteiger partial charge in [0.2, 0.25) is 5.91 Å². The molecule has 3 rings (SSSR count). The topological polar surface area (TPSA) is 47.6 Å². The Kier molecular flexibility index (Phi) is 4.34. The number of ether oxygens (including phenoxy) is 2. The molecule has 1 aromatic carbocycles. The van der Waals surface area contributed by atoms with Crippen LogP contribution in [0.5, 0.6) is 11.5 Å². The zero-order valence-corrected chi connectivity index (χ0v) is 13.3. The van der Waals surface area contributed by atoms with Crippen molar-refractivity contribution in [3.8, 4) is 11.5 Å². The van der Waals surface area contributed by atoms with E-state index in [4.69, 9.17) is 9.47 Å². The second kappa shape index (κ2) is 6.40. The van der Waals surface area contributed by atoms with Crippen molar-refractivity contribution < 1.29 is 14.3 Å². The number of hydrogen-bond donors (Lipinski definition) is 1. The minimum absolute atomic E-state index is 0.119. The number of carbonyl (C=O) groups excluding carboxylic acids is 1. The average molecular weight is 317 g/mol. The van der Waals surface area contributed by atoms with Gasteiger partial charge in [-0.3, -0.25) is 4.79 Å². The molecule has 1 aromatic heterocycles. The molecule has 1 saturated carbocycles. The molecule has 0 saturated heterocycles. The SMILES string of the molecule is COc1ccc(OCCNC(=O)C2(c3cccs3)CC2)cc1. The summed E-state index contributed by atoms with van der Waals surface area (Å²) in [5, 5.41) is 5.01. The Balaban J connectivity index is 1.44. The first kappa shape index (κ1) is 14.9. The van der Waals surface area contributed by atoms with Gasteiger partial charge >= 0.3 is 0 Å². The van der Waals surface area contributed by atoms with Gasteiger partial charge in [-0.1, -0.05) is 6.07 Å². The molecule has 0 unspecified atom stereocenters. The van der Waals surface area contributed by atoms with Crippen molar-refractivity contribution in [1.82, 2.24) is 5.32 Å². The summed E-state index contributed by atoms with van der Waals surface area (Å²) in [6, 6.07) is 11.5. The third-order valence-electron chi connectivity index (χ3n) is 3.89. The summed E-state index contributed by atoms with van der Waals surface area (Å²) in [5.74, 6) is 1.69. The van der Waals surface area contributed by atoms with E-state index in [0.29, 0.717) is 13.2 Å². The maximum Gasteiger partial charge on any atom is 0.231 e. The number of amides is 1. The lowest BCUT2D eigenvalue weighted by molar-refractivity contribution is -0.123. The summed E-state index contributed by atoms with van der Waals surface area (Å²) >= 11 is 1.66. The van der Waals surface area contributed by atoms with Crippen molar-refractivity contribution in [1.29, 1.82) is 0 Å². The Morgan fingerprint density at radius 1 is 1.23 bits per heavy atom. The minimum atomic E-state index is -0.270. The van der Waals surface area contributed by atoms with E-state index in [1.165, 1.54) is 4.88 Å². The van der Waals surface area contributed by atoms with Crippen molar-refractivity contribution in [3.05, 3.63) is 46.7 Å². The first-order chi connectivity index (χ1) is 10.7. The monoisotopic (exact) mass is 317 g/mol. The molecule has 0 radical (unpaired) electrons. The highest BCUT2D eigenvalue weighted by molar-refractivity contribution is 7.10. The fraction of sp³-hybridized carbons (Fsp3) is 0.353. The van der Waals surface area contributed by atoms with Crippen molar-refractivity contribution in [2.24, 2.45) is 0 Å². The van der Waals surface area contributed by atoms with Gasteiger partial charge in [-0.05, 0) is 48.6 Å². The zero-order valence-electron chi connectivity index (χ0n) is 12.5. The van der Waals surface area contributed by atoms with Crippen molar-refractivity contribution in [3.63, 3.8) is 0 Å². The van der Waals surface area contributed by atoms with Crippen LogP contribution in [0.25, 0.3) is 0 Å². The van der Waals surface area contributed by atoms with Crippen LogP contribution in [0, 0.1) is 0 Å². The minimum Gasteiger partial charge on any atom is -0.497 e. The van der Waals surface area contributed by atoms with Gasteiger partial charge in [0.1, 0.15) is 18.1 Å². The van der Waals surface area contributed by atoms with Crippen LogP contribution in [0.15, 0.2) is 41.8 Å². The van der Waals surface area contributed by atoms with Crippen molar-refractivity contribution in [2.75, 3.05) is 20.3 Å². The molecule has 0 spiro atoms. The molecule has 1 N–H and O–H groups in total. The van der Waals surface area contributed by atoms with Crippen LogP contribution in [0.2, 0.25) is 0 Å². The number of thiophene rings is 1. The highest BCUT2D eigenvalue weighted by Gasteiger charge is 2.51.